The maximum atomic E-state index is 12.3. The largest absolute Gasteiger partial charge is 0.370 e. The van der Waals surface area contributed by atoms with Gasteiger partial charge in [-0.25, -0.2) is 4.98 Å². The van der Waals surface area contributed by atoms with Crippen LogP contribution in [0, 0.1) is 0 Å². The number of carbonyl (C=O) groups excluding carboxylic acids is 1. The van der Waals surface area contributed by atoms with Crippen LogP contribution in [0.2, 0.25) is 10.0 Å². The van der Waals surface area contributed by atoms with Crippen molar-refractivity contribution in [2.24, 2.45) is 0 Å². The number of nitrogens with zero attached hydrogens (tertiary/aromatic N) is 3. The summed E-state index contributed by atoms with van der Waals surface area (Å²) in [7, 11) is 0. The lowest BCUT2D eigenvalue weighted by atomic mass is 10.1. The molecule has 1 aromatic heterocycles. The fraction of sp³-hybridized carbons (Fsp3) is 0.357. The van der Waals surface area contributed by atoms with Gasteiger partial charge in [0, 0.05) is 6.54 Å². The van der Waals surface area contributed by atoms with Gasteiger partial charge in [-0.15, -0.1) is 0 Å². The number of hydrogen-bond acceptors (Lipinski definition) is 5. The van der Waals surface area contributed by atoms with Crippen molar-refractivity contribution in [2.75, 3.05) is 25.4 Å². The molecule has 6 nitrogen and oxygen atoms in total. The fourth-order valence-corrected chi connectivity index (χ4v) is 3.26. The molecule has 1 unspecified atom stereocenters. The van der Waals surface area contributed by atoms with Gasteiger partial charge in [0.1, 0.15) is 12.4 Å². The average Bonchev–Trinajstić information content (AvgIpc) is 3.09. The van der Waals surface area contributed by atoms with Crippen LogP contribution < -0.4 is 0 Å². The second kappa shape index (κ2) is 7.53. The smallest absolute Gasteiger partial charge is 0.233 e. The fourth-order valence-electron chi connectivity index (χ4n) is 2.28. The predicted octanol–water partition coefficient (Wildman–Crippen LogP) is 2.80. The van der Waals surface area contributed by atoms with Crippen molar-refractivity contribution in [3.05, 3.63) is 40.1 Å². The molecular weight excluding hydrogens is 359 g/mol. The number of aromatic amines is 1. The molecule has 0 aliphatic carbocycles. The molecule has 1 aromatic carbocycles. The minimum atomic E-state index is -0.197. The summed E-state index contributed by atoms with van der Waals surface area (Å²) in [5.41, 5.74) is 0.916. The molecule has 0 spiro atoms. The zero-order valence-corrected chi connectivity index (χ0v) is 14.4. The molecule has 1 aliphatic rings. The van der Waals surface area contributed by atoms with Crippen LogP contribution >= 0.6 is 35.0 Å². The standard InChI is InChI=1S/C14H14Cl2N4O2S/c15-10-2-1-9(5-11(10)16)12-6-20(3-4-22-12)13(21)7-23-14-17-8-18-19-14/h1-2,5,8,12H,3-4,6-7H2,(H,17,18,19). The number of H-pyrrole nitrogens is 1. The molecule has 3 rings (SSSR count). The highest BCUT2D eigenvalue weighted by atomic mass is 35.5. The number of morpholine rings is 1. The highest BCUT2D eigenvalue weighted by Gasteiger charge is 2.25. The molecule has 0 saturated carbocycles. The van der Waals surface area contributed by atoms with Crippen LogP contribution in [-0.4, -0.2) is 51.4 Å². The van der Waals surface area contributed by atoms with E-state index < -0.39 is 0 Å². The summed E-state index contributed by atoms with van der Waals surface area (Å²) in [5, 5.41) is 8.09. The highest BCUT2D eigenvalue weighted by molar-refractivity contribution is 7.99. The Hall–Kier alpha value is -1.28. The van der Waals surface area contributed by atoms with Gasteiger partial charge in [-0.3, -0.25) is 9.89 Å². The Morgan fingerprint density at radius 2 is 2.30 bits per heavy atom. The Morgan fingerprint density at radius 1 is 1.43 bits per heavy atom. The summed E-state index contributed by atoms with van der Waals surface area (Å²) in [4.78, 5) is 18.1. The van der Waals surface area contributed by atoms with E-state index in [1.54, 1.807) is 17.0 Å². The van der Waals surface area contributed by atoms with Gasteiger partial charge in [-0.2, -0.15) is 5.10 Å². The Morgan fingerprint density at radius 3 is 3.04 bits per heavy atom. The molecule has 1 amide bonds. The number of hydrogen-bond donors (Lipinski definition) is 1. The van der Waals surface area contributed by atoms with Gasteiger partial charge in [-0.1, -0.05) is 41.0 Å². The maximum absolute atomic E-state index is 12.3. The number of amides is 1. The van der Waals surface area contributed by atoms with Crippen LogP contribution in [0.1, 0.15) is 11.7 Å². The van der Waals surface area contributed by atoms with Crippen molar-refractivity contribution in [1.29, 1.82) is 0 Å². The van der Waals surface area contributed by atoms with Crippen molar-refractivity contribution in [3.8, 4) is 0 Å². The summed E-state index contributed by atoms with van der Waals surface area (Å²) in [6.07, 6.45) is 1.22. The van der Waals surface area contributed by atoms with Crippen molar-refractivity contribution >= 4 is 40.9 Å². The monoisotopic (exact) mass is 372 g/mol. The van der Waals surface area contributed by atoms with Gasteiger partial charge >= 0.3 is 0 Å². The quantitative estimate of drug-likeness (QED) is 0.835. The molecule has 1 aliphatic heterocycles. The minimum Gasteiger partial charge on any atom is -0.370 e. The Kier molecular flexibility index (Phi) is 5.42. The van der Waals surface area contributed by atoms with E-state index in [0.717, 1.165) is 5.56 Å². The van der Waals surface area contributed by atoms with Crippen molar-refractivity contribution < 1.29 is 9.53 Å². The average molecular weight is 373 g/mol. The summed E-state index contributed by atoms with van der Waals surface area (Å²) in [6, 6.07) is 5.39. The van der Waals surface area contributed by atoms with Gasteiger partial charge in [0.2, 0.25) is 5.91 Å². The van der Waals surface area contributed by atoms with Crippen LogP contribution in [0.5, 0.6) is 0 Å². The van der Waals surface area contributed by atoms with E-state index in [0.29, 0.717) is 40.7 Å². The molecule has 0 radical (unpaired) electrons. The van der Waals surface area contributed by atoms with E-state index in [9.17, 15) is 4.79 Å². The van der Waals surface area contributed by atoms with Crippen LogP contribution in [0.3, 0.4) is 0 Å². The van der Waals surface area contributed by atoms with E-state index in [1.165, 1.54) is 18.1 Å². The lowest BCUT2D eigenvalue weighted by Crippen LogP contribution is -2.43. The first-order valence-corrected chi connectivity index (χ1v) is 8.70. The molecule has 1 N–H and O–H groups in total. The van der Waals surface area contributed by atoms with Crippen LogP contribution in [-0.2, 0) is 9.53 Å². The normalized spacial score (nSPS) is 18.2. The van der Waals surface area contributed by atoms with E-state index in [-0.39, 0.29) is 12.0 Å². The second-order valence-corrected chi connectivity index (χ2v) is 6.73. The lowest BCUT2D eigenvalue weighted by Gasteiger charge is -2.33. The molecule has 2 aromatic rings. The molecule has 1 fully saturated rings. The van der Waals surface area contributed by atoms with Gasteiger partial charge < -0.3 is 9.64 Å². The zero-order valence-electron chi connectivity index (χ0n) is 12.0. The van der Waals surface area contributed by atoms with Gasteiger partial charge in [0.25, 0.3) is 0 Å². The van der Waals surface area contributed by atoms with Crippen LogP contribution in [0.25, 0.3) is 0 Å². The number of rotatable bonds is 4. The van der Waals surface area contributed by atoms with Crippen LogP contribution in [0.4, 0.5) is 0 Å². The maximum Gasteiger partial charge on any atom is 0.233 e. The number of nitrogens with one attached hydrogen (secondary N) is 1. The van der Waals surface area contributed by atoms with Gasteiger partial charge in [-0.05, 0) is 17.7 Å². The summed E-state index contributed by atoms with van der Waals surface area (Å²) in [5.74, 6) is 0.350. The van der Waals surface area contributed by atoms with E-state index in [4.69, 9.17) is 27.9 Å². The molecule has 2 heterocycles. The number of thioether (sulfide) groups is 1. The minimum absolute atomic E-state index is 0.0414. The van der Waals surface area contributed by atoms with E-state index in [2.05, 4.69) is 15.2 Å². The molecule has 9 heteroatoms. The Bertz CT molecular complexity index is 683. The van der Waals surface area contributed by atoms with Crippen molar-refractivity contribution in [1.82, 2.24) is 20.1 Å². The van der Waals surface area contributed by atoms with Crippen molar-refractivity contribution in [2.45, 2.75) is 11.3 Å². The van der Waals surface area contributed by atoms with Gasteiger partial charge in [0.05, 0.1) is 28.9 Å². The second-order valence-electron chi connectivity index (χ2n) is 4.95. The predicted molar refractivity (Wildman–Crippen MR) is 88.8 cm³/mol. The molecule has 1 saturated heterocycles. The number of benzene rings is 1. The third-order valence-corrected chi connectivity index (χ3v) is 5.06. The summed E-state index contributed by atoms with van der Waals surface area (Å²) < 4.78 is 5.76. The first-order valence-electron chi connectivity index (χ1n) is 6.96. The molecule has 122 valence electrons. The zero-order chi connectivity index (χ0) is 16.2. The Labute approximate surface area is 147 Å². The molecular formula is C14H14Cl2N4O2S. The lowest BCUT2D eigenvalue weighted by molar-refractivity contribution is -0.136. The summed E-state index contributed by atoms with van der Waals surface area (Å²) in [6.45, 7) is 1.56. The number of carbonyl (C=O) groups is 1. The van der Waals surface area contributed by atoms with E-state index in [1.807, 2.05) is 6.07 Å². The molecule has 23 heavy (non-hydrogen) atoms. The molecule has 0 bridgehead atoms. The first-order chi connectivity index (χ1) is 11.1. The van der Waals surface area contributed by atoms with Gasteiger partial charge in [0.15, 0.2) is 5.16 Å². The third-order valence-electron chi connectivity index (χ3n) is 3.46. The summed E-state index contributed by atoms with van der Waals surface area (Å²) >= 11 is 13.3. The first kappa shape index (κ1) is 16.6. The van der Waals surface area contributed by atoms with E-state index >= 15 is 0 Å². The topological polar surface area (TPSA) is 71.1 Å². The highest BCUT2D eigenvalue weighted by Crippen LogP contribution is 2.29. The third kappa shape index (κ3) is 4.17. The SMILES string of the molecule is O=C(CSc1ncn[nH]1)N1CCOC(c2ccc(Cl)c(Cl)c2)C1. The van der Waals surface area contributed by atoms with Crippen molar-refractivity contribution in [3.63, 3.8) is 0 Å². The Balaban J connectivity index is 1.60. The number of ether oxygens (including phenoxy) is 1. The van der Waals surface area contributed by atoms with Crippen LogP contribution in [0.15, 0.2) is 29.7 Å². The number of halogens is 2. The molecule has 1 atom stereocenters. The number of aromatic nitrogens is 3.